The van der Waals surface area contributed by atoms with Crippen LogP contribution in [0.5, 0.6) is 11.5 Å². The molecule has 1 aromatic carbocycles. The van der Waals surface area contributed by atoms with E-state index in [1.54, 1.807) is 0 Å². The minimum absolute atomic E-state index is 0.286. The van der Waals surface area contributed by atoms with Gasteiger partial charge in [-0.25, -0.2) is 0 Å². The Morgan fingerprint density at radius 1 is 1.16 bits per heavy atom. The Balaban J connectivity index is 1.63. The average molecular weight is 256 g/mol. The molecule has 0 spiro atoms. The summed E-state index contributed by atoms with van der Waals surface area (Å²) in [6, 6.07) is 10.4. The van der Waals surface area contributed by atoms with Gasteiger partial charge in [-0.1, -0.05) is 6.07 Å². The summed E-state index contributed by atoms with van der Waals surface area (Å²) in [6.45, 7) is 3.25. The normalized spacial score (nSPS) is 14.4. The quantitative estimate of drug-likeness (QED) is 0.913. The SMILES string of the molecule is C[C@H](NCc1ccc2c(c1)OCO2)c1ccncc1. The summed E-state index contributed by atoms with van der Waals surface area (Å²) in [4.78, 5) is 4.03. The molecule has 4 heteroatoms. The van der Waals surface area contributed by atoms with Gasteiger partial charge < -0.3 is 14.8 Å². The third-order valence-corrected chi connectivity index (χ3v) is 3.26. The van der Waals surface area contributed by atoms with Crippen molar-refractivity contribution < 1.29 is 9.47 Å². The topological polar surface area (TPSA) is 43.4 Å². The van der Waals surface area contributed by atoms with E-state index in [0.717, 1.165) is 18.0 Å². The lowest BCUT2D eigenvalue weighted by Crippen LogP contribution is -2.18. The van der Waals surface area contributed by atoms with E-state index in [0.29, 0.717) is 6.79 Å². The molecule has 0 amide bonds. The molecule has 2 aromatic rings. The summed E-state index contributed by atoms with van der Waals surface area (Å²) < 4.78 is 10.7. The molecule has 1 atom stereocenters. The second-order valence-corrected chi connectivity index (χ2v) is 4.57. The van der Waals surface area contributed by atoms with Gasteiger partial charge in [0, 0.05) is 25.0 Å². The zero-order valence-electron chi connectivity index (χ0n) is 10.8. The Morgan fingerprint density at radius 2 is 1.95 bits per heavy atom. The highest BCUT2D eigenvalue weighted by Crippen LogP contribution is 2.32. The molecule has 0 saturated heterocycles. The number of benzene rings is 1. The lowest BCUT2D eigenvalue weighted by Gasteiger charge is -2.14. The van der Waals surface area contributed by atoms with Crippen molar-refractivity contribution in [2.24, 2.45) is 0 Å². The van der Waals surface area contributed by atoms with Crippen LogP contribution in [0, 0.1) is 0 Å². The first-order valence-electron chi connectivity index (χ1n) is 6.35. The van der Waals surface area contributed by atoms with Gasteiger partial charge in [0.05, 0.1) is 0 Å². The Morgan fingerprint density at radius 3 is 2.79 bits per heavy atom. The van der Waals surface area contributed by atoms with Crippen molar-refractivity contribution in [1.82, 2.24) is 10.3 Å². The molecule has 98 valence electrons. The minimum Gasteiger partial charge on any atom is -0.454 e. The van der Waals surface area contributed by atoms with E-state index < -0.39 is 0 Å². The number of fused-ring (bicyclic) bond motifs is 1. The van der Waals surface area contributed by atoms with E-state index in [9.17, 15) is 0 Å². The number of pyridine rings is 1. The van der Waals surface area contributed by atoms with Crippen molar-refractivity contribution in [2.45, 2.75) is 19.5 Å². The molecule has 1 aliphatic rings. The van der Waals surface area contributed by atoms with Crippen molar-refractivity contribution >= 4 is 0 Å². The molecule has 1 N–H and O–H groups in total. The molecule has 0 unspecified atom stereocenters. The van der Waals surface area contributed by atoms with Crippen molar-refractivity contribution in [1.29, 1.82) is 0 Å². The van der Waals surface area contributed by atoms with Crippen LogP contribution in [-0.2, 0) is 6.54 Å². The molecular weight excluding hydrogens is 240 g/mol. The standard InChI is InChI=1S/C15H16N2O2/c1-11(13-4-6-16-7-5-13)17-9-12-2-3-14-15(8-12)19-10-18-14/h2-8,11,17H,9-10H2,1H3/t11-/m0/s1. The van der Waals surface area contributed by atoms with Crippen LogP contribution < -0.4 is 14.8 Å². The predicted octanol–water partition coefficient (Wildman–Crippen LogP) is 2.66. The zero-order valence-corrected chi connectivity index (χ0v) is 10.8. The zero-order chi connectivity index (χ0) is 13.1. The summed E-state index contributed by atoms with van der Waals surface area (Å²) in [5.74, 6) is 1.65. The molecule has 4 nitrogen and oxygen atoms in total. The van der Waals surface area contributed by atoms with Gasteiger partial charge in [-0.2, -0.15) is 0 Å². The van der Waals surface area contributed by atoms with E-state index in [4.69, 9.17) is 9.47 Å². The number of hydrogen-bond acceptors (Lipinski definition) is 4. The Bertz CT molecular complexity index is 557. The van der Waals surface area contributed by atoms with Crippen molar-refractivity contribution in [3.63, 3.8) is 0 Å². The number of rotatable bonds is 4. The maximum Gasteiger partial charge on any atom is 0.231 e. The fourth-order valence-electron chi connectivity index (χ4n) is 2.09. The number of nitrogens with one attached hydrogen (secondary N) is 1. The van der Waals surface area contributed by atoms with Crippen LogP contribution in [0.3, 0.4) is 0 Å². The first kappa shape index (κ1) is 12.0. The van der Waals surface area contributed by atoms with Gasteiger partial charge in [-0.05, 0) is 42.3 Å². The molecule has 2 heterocycles. The van der Waals surface area contributed by atoms with Crippen LogP contribution in [0.1, 0.15) is 24.1 Å². The molecule has 0 radical (unpaired) electrons. The number of hydrogen-bond donors (Lipinski definition) is 1. The predicted molar refractivity (Wildman–Crippen MR) is 72.1 cm³/mol. The molecular formula is C15H16N2O2. The van der Waals surface area contributed by atoms with E-state index in [-0.39, 0.29) is 6.04 Å². The van der Waals surface area contributed by atoms with Gasteiger partial charge in [0.25, 0.3) is 0 Å². The molecule has 0 bridgehead atoms. The van der Waals surface area contributed by atoms with Crippen LogP contribution >= 0.6 is 0 Å². The largest absolute Gasteiger partial charge is 0.454 e. The second kappa shape index (κ2) is 5.28. The number of nitrogens with zero attached hydrogens (tertiary/aromatic N) is 1. The molecule has 0 aliphatic carbocycles. The maximum atomic E-state index is 5.37. The van der Waals surface area contributed by atoms with Gasteiger partial charge >= 0.3 is 0 Å². The third kappa shape index (κ3) is 2.69. The highest BCUT2D eigenvalue weighted by atomic mass is 16.7. The third-order valence-electron chi connectivity index (χ3n) is 3.26. The van der Waals surface area contributed by atoms with E-state index in [1.807, 2.05) is 36.7 Å². The molecule has 0 fully saturated rings. The Hall–Kier alpha value is -2.07. The summed E-state index contributed by atoms with van der Waals surface area (Å²) >= 11 is 0. The lowest BCUT2D eigenvalue weighted by molar-refractivity contribution is 0.174. The van der Waals surface area contributed by atoms with Gasteiger partial charge in [-0.3, -0.25) is 4.98 Å². The first-order valence-corrected chi connectivity index (χ1v) is 6.35. The molecule has 1 aromatic heterocycles. The highest BCUT2D eigenvalue weighted by Gasteiger charge is 2.13. The van der Waals surface area contributed by atoms with Gasteiger partial charge in [0.2, 0.25) is 6.79 Å². The van der Waals surface area contributed by atoms with E-state index in [1.165, 1.54) is 11.1 Å². The second-order valence-electron chi connectivity index (χ2n) is 4.57. The van der Waals surface area contributed by atoms with Crippen LogP contribution in [-0.4, -0.2) is 11.8 Å². The lowest BCUT2D eigenvalue weighted by atomic mass is 10.1. The molecule has 3 rings (SSSR count). The Labute approximate surface area is 112 Å². The van der Waals surface area contributed by atoms with Gasteiger partial charge in [0.1, 0.15) is 0 Å². The summed E-state index contributed by atoms with van der Waals surface area (Å²) in [7, 11) is 0. The average Bonchev–Trinajstić information content (AvgIpc) is 2.93. The smallest absolute Gasteiger partial charge is 0.231 e. The summed E-state index contributed by atoms with van der Waals surface area (Å²) in [6.07, 6.45) is 3.63. The van der Waals surface area contributed by atoms with E-state index in [2.05, 4.69) is 23.3 Å². The number of ether oxygens (including phenoxy) is 2. The van der Waals surface area contributed by atoms with Crippen molar-refractivity contribution in [3.8, 4) is 11.5 Å². The summed E-state index contributed by atoms with van der Waals surface area (Å²) in [5.41, 5.74) is 2.42. The van der Waals surface area contributed by atoms with Crippen molar-refractivity contribution in [3.05, 3.63) is 53.9 Å². The van der Waals surface area contributed by atoms with Crippen molar-refractivity contribution in [2.75, 3.05) is 6.79 Å². The van der Waals surface area contributed by atoms with Gasteiger partial charge in [-0.15, -0.1) is 0 Å². The Kier molecular flexibility index (Phi) is 3.33. The van der Waals surface area contributed by atoms with Crippen LogP contribution in [0.4, 0.5) is 0 Å². The van der Waals surface area contributed by atoms with E-state index >= 15 is 0 Å². The van der Waals surface area contributed by atoms with Crippen LogP contribution in [0.25, 0.3) is 0 Å². The van der Waals surface area contributed by atoms with Crippen LogP contribution in [0.2, 0.25) is 0 Å². The minimum atomic E-state index is 0.286. The first-order chi connectivity index (χ1) is 9.33. The highest BCUT2D eigenvalue weighted by molar-refractivity contribution is 5.44. The monoisotopic (exact) mass is 256 g/mol. The van der Waals surface area contributed by atoms with Gasteiger partial charge in [0.15, 0.2) is 11.5 Å². The van der Waals surface area contributed by atoms with Crippen LogP contribution in [0.15, 0.2) is 42.7 Å². The fourth-order valence-corrected chi connectivity index (χ4v) is 2.09. The fraction of sp³-hybridized carbons (Fsp3) is 0.267. The molecule has 0 saturated carbocycles. The number of aromatic nitrogens is 1. The maximum absolute atomic E-state index is 5.37. The summed E-state index contributed by atoms with van der Waals surface area (Å²) in [5, 5.41) is 3.48. The molecule has 1 aliphatic heterocycles. The molecule has 19 heavy (non-hydrogen) atoms.